The van der Waals surface area contributed by atoms with Crippen molar-refractivity contribution in [1.29, 1.82) is 5.26 Å². The van der Waals surface area contributed by atoms with E-state index in [0.29, 0.717) is 16.3 Å². The number of hydrogen-bond acceptors (Lipinski definition) is 4. The van der Waals surface area contributed by atoms with E-state index in [1.54, 1.807) is 48.5 Å². The Labute approximate surface area is 150 Å². The average molecular weight is 358 g/mol. The van der Waals surface area contributed by atoms with E-state index in [-0.39, 0.29) is 12.3 Å². The molecule has 128 valence electrons. The second-order valence-electron chi connectivity index (χ2n) is 5.21. The Morgan fingerprint density at radius 3 is 2.52 bits per heavy atom. The fraction of sp³-hybridized carbons (Fsp3) is 0.167. The fourth-order valence-corrected chi connectivity index (χ4v) is 2.10. The summed E-state index contributed by atoms with van der Waals surface area (Å²) in [5, 5.41) is 9.59. The smallest absolute Gasteiger partial charge is 0.279 e. The monoisotopic (exact) mass is 357 g/mol. The molecule has 0 radical (unpaired) electrons. The number of ether oxygens (including phenoxy) is 1. The number of nitriles is 1. The lowest BCUT2D eigenvalue weighted by Crippen LogP contribution is -2.47. The van der Waals surface area contributed by atoms with Crippen LogP contribution in [0.5, 0.6) is 5.75 Å². The molecule has 0 aromatic heterocycles. The zero-order chi connectivity index (χ0) is 18.2. The molecule has 0 aliphatic rings. The second kappa shape index (κ2) is 8.71. The molecule has 7 heteroatoms. The van der Waals surface area contributed by atoms with Gasteiger partial charge in [0.15, 0.2) is 6.10 Å². The van der Waals surface area contributed by atoms with Gasteiger partial charge in [-0.3, -0.25) is 20.4 Å². The molecule has 0 saturated carbocycles. The Morgan fingerprint density at radius 2 is 1.84 bits per heavy atom. The van der Waals surface area contributed by atoms with Gasteiger partial charge < -0.3 is 4.74 Å². The lowest BCUT2D eigenvalue weighted by Gasteiger charge is -2.15. The SMILES string of the molecule is CC(Oc1ccccc1C#N)C(=O)NNC(=O)Cc1ccc(Cl)cc1. The van der Waals surface area contributed by atoms with E-state index in [0.717, 1.165) is 5.56 Å². The van der Waals surface area contributed by atoms with E-state index in [9.17, 15) is 9.59 Å². The Balaban J connectivity index is 1.83. The number of rotatable bonds is 5. The summed E-state index contributed by atoms with van der Waals surface area (Å²) in [7, 11) is 0. The van der Waals surface area contributed by atoms with Crippen molar-refractivity contribution < 1.29 is 14.3 Å². The fourth-order valence-electron chi connectivity index (χ4n) is 1.97. The van der Waals surface area contributed by atoms with E-state index in [2.05, 4.69) is 10.9 Å². The van der Waals surface area contributed by atoms with Crippen LogP contribution in [0, 0.1) is 11.3 Å². The summed E-state index contributed by atoms with van der Waals surface area (Å²) in [5.41, 5.74) is 5.72. The predicted molar refractivity (Wildman–Crippen MR) is 92.7 cm³/mol. The first-order chi connectivity index (χ1) is 12.0. The summed E-state index contributed by atoms with van der Waals surface area (Å²) in [4.78, 5) is 23.8. The summed E-state index contributed by atoms with van der Waals surface area (Å²) in [6.07, 6.45) is -0.783. The maximum Gasteiger partial charge on any atom is 0.279 e. The Kier molecular flexibility index (Phi) is 6.38. The zero-order valence-electron chi connectivity index (χ0n) is 13.5. The molecule has 0 bridgehead atoms. The topological polar surface area (TPSA) is 91.2 Å². The van der Waals surface area contributed by atoms with Crippen LogP contribution in [0.25, 0.3) is 0 Å². The standard InChI is InChI=1S/C18H16ClN3O3/c1-12(25-16-5-3-2-4-14(16)11-20)18(24)22-21-17(23)10-13-6-8-15(19)9-7-13/h2-9,12H,10H2,1H3,(H,21,23)(H,22,24). The number of carbonyl (C=O) groups is 2. The molecule has 6 nitrogen and oxygen atoms in total. The number of para-hydroxylation sites is 1. The summed E-state index contributed by atoms with van der Waals surface area (Å²) in [5.74, 6) is -0.599. The highest BCUT2D eigenvalue weighted by molar-refractivity contribution is 6.30. The maximum absolute atomic E-state index is 12.0. The maximum atomic E-state index is 12.0. The van der Waals surface area contributed by atoms with E-state index in [1.165, 1.54) is 6.92 Å². The van der Waals surface area contributed by atoms with Crippen molar-refractivity contribution >= 4 is 23.4 Å². The van der Waals surface area contributed by atoms with Gasteiger partial charge in [-0.15, -0.1) is 0 Å². The highest BCUT2D eigenvalue weighted by Crippen LogP contribution is 2.18. The summed E-state index contributed by atoms with van der Waals surface area (Å²) in [6.45, 7) is 1.52. The van der Waals surface area contributed by atoms with Crippen molar-refractivity contribution in [1.82, 2.24) is 10.9 Å². The molecule has 1 atom stereocenters. The van der Waals surface area contributed by atoms with Crippen LogP contribution in [-0.4, -0.2) is 17.9 Å². The van der Waals surface area contributed by atoms with Crippen molar-refractivity contribution in [2.24, 2.45) is 0 Å². The summed E-state index contributed by atoms with van der Waals surface area (Å²) < 4.78 is 5.46. The number of amides is 2. The number of hydrogen-bond donors (Lipinski definition) is 2. The molecule has 0 saturated heterocycles. The number of nitrogens with one attached hydrogen (secondary N) is 2. The third kappa shape index (κ3) is 5.52. The third-order valence-electron chi connectivity index (χ3n) is 3.28. The van der Waals surface area contributed by atoms with Crippen LogP contribution in [0.4, 0.5) is 0 Å². The number of nitrogens with zero attached hydrogens (tertiary/aromatic N) is 1. The number of benzene rings is 2. The minimum Gasteiger partial charge on any atom is -0.479 e. The number of carbonyl (C=O) groups excluding carboxylic acids is 2. The van der Waals surface area contributed by atoms with Crippen LogP contribution in [0.15, 0.2) is 48.5 Å². The van der Waals surface area contributed by atoms with Gasteiger partial charge in [-0.2, -0.15) is 5.26 Å². The van der Waals surface area contributed by atoms with E-state index in [1.807, 2.05) is 6.07 Å². The van der Waals surface area contributed by atoms with Crippen molar-refractivity contribution in [2.75, 3.05) is 0 Å². The second-order valence-corrected chi connectivity index (χ2v) is 5.65. The van der Waals surface area contributed by atoms with Gasteiger partial charge in [0.05, 0.1) is 12.0 Å². The largest absolute Gasteiger partial charge is 0.479 e. The van der Waals surface area contributed by atoms with E-state index >= 15 is 0 Å². The molecule has 1 unspecified atom stereocenters. The van der Waals surface area contributed by atoms with Crippen LogP contribution >= 0.6 is 11.6 Å². The number of halogens is 1. The van der Waals surface area contributed by atoms with Gasteiger partial charge in [0.1, 0.15) is 11.8 Å². The molecular weight excluding hydrogens is 342 g/mol. The van der Waals surface area contributed by atoms with E-state index < -0.39 is 12.0 Å². The quantitative estimate of drug-likeness (QED) is 0.804. The molecule has 0 aliphatic heterocycles. The lowest BCUT2D eigenvalue weighted by molar-refractivity contribution is -0.132. The van der Waals surface area contributed by atoms with Crippen LogP contribution in [0.3, 0.4) is 0 Å². The summed E-state index contributed by atoms with van der Waals surface area (Å²) in [6, 6.07) is 15.4. The van der Waals surface area contributed by atoms with Gasteiger partial charge >= 0.3 is 0 Å². The average Bonchev–Trinajstić information content (AvgIpc) is 2.62. The van der Waals surface area contributed by atoms with Crippen LogP contribution in [0.2, 0.25) is 5.02 Å². The first-order valence-corrected chi connectivity index (χ1v) is 7.86. The zero-order valence-corrected chi connectivity index (χ0v) is 14.2. The molecule has 0 fully saturated rings. The molecule has 2 rings (SSSR count). The Morgan fingerprint density at radius 1 is 1.16 bits per heavy atom. The summed E-state index contributed by atoms with van der Waals surface area (Å²) >= 11 is 5.78. The molecule has 2 amide bonds. The van der Waals surface area contributed by atoms with Crippen LogP contribution in [-0.2, 0) is 16.0 Å². The highest BCUT2D eigenvalue weighted by Gasteiger charge is 2.17. The lowest BCUT2D eigenvalue weighted by atomic mass is 10.1. The van der Waals surface area contributed by atoms with Crippen LogP contribution in [0.1, 0.15) is 18.1 Å². The molecule has 0 spiro atoms. The van der Waals surface area contributed by atoms with Crippen molar-refractivity contribution in [3.8, 4) is 11.8 Å². The van der Waals surface area contributed by atoms with Crippen molar-refractivity contribution in [3.63, 3.8) is 0 Å². The number of hydrazine groups is 1. The minimum atomic E-state index is -0.884. The molecular formula is C18H16ClN3O3. The van der Waals surface area contributed by atoms with Gasteiger partial charge in [-0.1, -0.05) is 35.9 Å². The van der Waals surface area contributed by atoms with Gasteiger partial charge in [0, 0.05) is 5.02 Å². The first kappa shape index (κ1) is 18.3. The highest BCUT2D eigenvalue weighted by atomic mass is 35.5. The van der Waals surface area contributed by atoms with Gasteiger partial charge in [0.2, 0.25) is 5.91 Å². The van der Waals surface area contributed by atoms with Crippen LogP contribution < -0.4 is 15.6 Å². The molecule has 2 N–H and O–H groups in total. The normalized spacial score (nSPS) is 11.1. The van der Waals surface area contributed by atoms with Crippen molar-refractivity contribution in [3.05, 3.63) is 64.7 Å². The molecule has 2 aromatic carbocycles. The Hall–Kier alpha value is -3.04. The predicted octanol–water partition coefficient (Wildman–Crippen LogP) is 2.37. The molecule has 25 heavy (non-hydrogen) atoms. The van der Waals surface area contributed by atoms with Gasteiger partial charge in [0.25, 0.3) is 5.91 Å². The third-order valence-corrected chi connectivity index (χ3v) is 3.54. The van der Waals surface area contributed by atoms with Crippen molar-refractivity contribution in [2.45, 2.75) is 19.4 Å². The first-order valence-electron chi connectivity index (χ1n) is 7.48. The van der Waals surface area contributed by atoms with Gasteiger partial charge in [-0.05, 0) is 36.8 Å². The van der Waals surface area contributed by atoms with Gasteiger partial charge in [-0.25, -0.2) is 0 Å². The molecule has 0 heterocycles. The molecule has 2 aromatic rings. The van der Waals surface area contributed by atoms with E-state index in [4.69, 9.17) is 21.6 Å². The Bertz CT molecular complexity index is 800. The minimum absolute atomic E-state index is 0.101. The molecule has 0 aliphatic carbocycles.